The Balaban J connectivity index is 1.87. The number of fused-ring (bicyclic) bond motifs is 1. The molecule has 0 spiro atoms. The standard InChI is InChI=1S/C72H101N17O26/c1-5-6-7-8-9-10-11-22-53(93)81-44(25-38-31-76-42-20-15-13-17-39(38)42)66(108)84-45(27-52(75)92)67(109)86-48(30-59(102)103)68(110)89-61-37(4)115-72(114)49(26-51(91)40-18-12-14-19-41(40)74)87-71(113)60(35(2)24-56(96)97)88-69(111)50(34-90)82-55(95)32-77-63(105)46(28-57(98)99)83-62(104)36(3)79-65(107)47(29-58(100)101)85-64(106)43(21-16-23-73)80-54(94)33-78-70(61)112/h12-15,17-20,31,35-37,43-50,60-61,76,90H,5-11,16,21-30,32-34,73-74H2,1-4H3,(H2,75,92)(H,77,105)(H,78,112)(H,79,107)(H,80,94)(H,81,93)(H,82,95)(H,83,104)(H,84,108)(H,85,106)(H,86,109)(H,87,113)(H,88,111)(H,89,110)(H,96,97)(H,98,99)(H,100,101)(H,102,103)/t35-,36+,37?,43+,44-,45-,46-,47?,48-,49-,50?,60-,61?/m0/s1. The second kappa shape index (κ2) is 47.6. The lowest BCUT2D eigenvalue weighted by Crippen LogP contribution is -2.62. The Hall–Kier alpha value is -12.7. The molecule has 43 nitrogen and oxygen atoms in total. The van der Waals surface area contributed by atoms with E-state index in [-0.39, 0.29) is 37.1 Å². The van der Waals surface area contributed by atoms with Crippen molar-refractivity contribution in [1.82, 2.24) is 74.1 Å². The number of cyclic esters (lactones) is 1. The summed E-state index contributed by atoms with van der Waals surface area (Å²) in [6.07, 6.45) is -2.33. The maximum atomic E-state index is 14.8. The highest BCUT2D eigenvalue weighted by molar-refractivity contribution is 6.05. The summed E-state index contributed by atoms with van der Waals surface area (Å²) < 4.78 is 5.68. The Bertz CT molecular complexity index is 4040. The molecule has 1 aromatic heterocycles. The number of unbranched alkanes of at least 4 members (excludes halogenated alkanes) is 6. The van der Waals surface area contributed by atoms with Crippen molar-refractivity contribution in [2.75, 3.05) is 32.0 Å². The minimum absolute atomic E-state index is 0.0186. The Morgan fingerprint density at radius 1 is 0.548 bits per heavy atom. The molecule has 0 bridgehead atoms. The van der Waals surface area contributed by atoms with E-state index in [0.717, 1.165) is 52.9 Å². The molecule has 13 atom stereocenters. The lowest BCUT2D eigenvalue weighted by Gasteiger charge is -2.30. The van der Waals surface area contributed by atoms with E-state index in [1.165, 1.54) is 24.3 Å². The molecule has 3 aromatic rings. The van der Waals surface area contributed by atoms with Crippen LogP contribution in [0.2, 0.25) is 0 Å². The molecule has 0 saturated carbocycles. The lowest BCUT2D eigenvalue weighted by molar-refractivity contribution is -0.156. The number of nitrogens with two attached hydrogens (primary N) is 3. The number of primary amides is 1. The van der Waals surface area contributed by atoms with Gasteiger partial charge in [-0.2, -0.15) is 0 Å². The van der Waals surface area contributed by atoms with E-state index >= 15 is 0 Å². The number of nitrogen functional groups attached to an aromatic ring is 1. The molecule has 43 heteroatoms. The number of carbonyl (C=O) groups excluding carboxylic acids is 16. The number of ether oxygens (including phenoxy) is 1. The third-order valence-electron chi connectivity index (χ3n) is 17.9. The minimum atomic E-state index is -2.45. The highest BCUT2D eigenvalue weighted by Gasteiger charge is 2.41. The topological polar surface area (TPSA) is 702 Å². The van der Waals surface area contributed by atoms with E-state index in [0.29, 0.717) is 29.3 Å². The van der Waals surface area contributed by atoms with Crippen LogP contribution in [0.15, 0.2) is 54.7 Å². The third-order valence-corrected chi connectivity index (χ3v) is 17.9. The number of aromatic amines is 1. The van der Waals surface area contributed by atoms with Crippen LogP contribution in [0, 0.1) is 5.92 Å². The quantitative estimate of drug-likeness (QED) is 0.0113. The van der Waals surface area contributed by atoms with Crippen LogP contribution in [-0.4, -0.2) is 248 Å². The Morgan fingerprint density at radius 2 is 1.09 bits per heavy atom. The van der Waals surface area contributed by atoms with E-state index in [9.17, 15) is 121 Å². The summed E-state index contributed by atoms with van der Waals surface area (Å²) in [5, 5.41) is 78.7. The number of rotatable bonds is 35. The Kier molecular flexibility index (Phi) is 39.2. The monoisotopic (exact) mass is 1620 g/mol. The molecular weight excluding hydrogens is 1520 g/mol. The summed E-state index contributed by atoms with van der Waals surface area (Å²) in [4.78, 5) is 276. The molecule has 1 aliphatic heterocycles. The van der Waals surface area contributed by atoms with Gasteiger partial charge in [-0.15, -0.1) is 0 Å². The highest BCUT2D eigenvalue weighted by atomic mass is 16.5. The van der Waals surface area contributed by atoms with Crippen LogP contribution in [0.25, 0.3) is 10.9 Å². The van der Waals surface area contributed by atoms with Gasteiger partial charge in [0.1, 0.15) is 72.6 Å². The van der Waals surface area contributed by atoms with Gasteiger partial charge in [0.2, 0.25) is 82.7 Å². The fourth-order valence-electron chi connectivity index (χ4n) is 11.7. The first-order valence-corrected chi connectivity index (χ1v) is 36.8. The molecule has 2 aromatic carbocycles. The number of ketones is 1. The SMILES string of the molecule is CCCCCCCCCC(=O)N[C@@H](Cc1c[nH]c2ccccc12)C(=O)N[C@@H](CC(N)=O)C(=O)N[C@@H](CC(=O)O)C(=O)NC1C(=O)NCC(=O)N[C@H](CCCN)C(=O)NC(CC(=O)O)C(=O)N[C@H](C)C(=O)N[C@@H](CC(=O)O)C(=O)NCC(=O)NC(CO)C(=O)N[C@@H]([C@@H](C)CC(=O)O)C(=O)N[C@@H](CC(=O)c2ccccc2N)C(=O)OC1C. The van der Waals surface area contributed by atoms with Gasteiger partial charge in [-0.1, -0.05) is 82.7 Å². The maximum absolute atomic E-state index is 14.8. The number of nitrogens with one attached hydrogen (secondary N) is 14. The molecular formula is C72H101N17O26. The van der Waals surface area contributed by atoms with E-state index in [4.69, 9.17) is 21.9 Å². The molecule has 0 radical (unpaired) electrons. The number of hydrogen-bond acceptors (Lipinski definition) is 24. The molecule has 1 fully saturated rings. The van der Waals surface area contributed by atoms with Gasteiger partial charge in [-0.25, -0.2) is 4.79 Å². The van der Waals surface area contributed by atoms with Crippen molar-refractivity contribution in [3.05, 3.63) is 65.9 Å². The number of aromatic nitrogens is 1. The predicted molar refractivity (Wildman–Crippen MR) is 400 cm³/mol. The fourth-order valence-corrected chi connectivity index (χ4v) is 11.7. The fraction of sp³-hybridized carbons (Fsp3) is 0.528. The van der Waals surface area contributed by atoms with Crippen LogP contribution < -0.4 is 86.3 Å². The van der Waals surface area contributed by atoms with Crippen LogP contribution in [0.5, 0.6) is 0 Å². The van der Waals surface area contributed by atoms with Crippen LogP contribution in [0.4, 0.5) is 5.69 Å². The van der Waals surface area contributed by atoms with Crippen molar-refractivity contribution in [3.63, 3.8) is 0 Å². The zero-order chi connectivity index (χ0) is 85.8. The molecule has 1 aliphatic rings. The number of para-hydroxylation sites is 2. The van der Waals surface area contributed by atoms with Gasteiger partial charge < -0.3 is 122 Å². The van der Waals surface area contributed by atoms with Crippen molar-refractivity contribution >= 4 is 135 Å². The number of hydrogen-bond donors (Lipinski definition) is 22. The normalized spacial score (nSPS) is 21.2. The van der Waals surface area contributed by atoms with Gasteiger partial charge >= 0.3 is 29.8 Å². The van der Waals surface area contributed by atoms with Gasteiger partial charge in [-0.05, 0) is 69.3 Å². The zero-order valence-electron chi connectivity index (χ0n) is 63.6. The highest BCUT2D eigenvalue weighted by Crippen LogP contribution is 2.22. The first kappa shape index (κ1) is 94.7. The van der Waals surface area contributed by atoms with Gasteiger partial charge in [0.15, 0.2) is 5.78 Å². The van der Waals surface area contributed by atoms with Gasteiger partial charge in [0.25, 0.3) is 0 Å². The number of H-pyrrole nitrogens is 1. The van der Waals surface area contributed by atoms with Crippen LogP contribution in [0.1, 0.15) is 146 Å². The van der Waals surface area contributed by atoms with Crippen molar-refractivity contribution in [2.24, 2.45) is 17.4 Å². The second-order valence-corrected chi connectivity index (χ2v) is 27.2. The minimum Gasteiger partial charge on any atom is -0.481 e. The third kappa shape index (κ3) is 32.5. The number of aliphatic hydroxyl groups excluding tert-OH is 1. The average Bonchev–Trinajstić information content (AvgIpc) is 1.72. The summed E-state index contributed by atoms with van der Waals surface area (Å²) >= 11 is 0. The van der Waals surface area contributed by atoms with Crippen molar-refractivity contribution in [2.45, 2.75) is 209 Å². The largest absolute Gasteiger partial charge is 0.481 e. The van der Waals surface area contributed by atoms with Gasteiger partial charge in [0, 0.05) is 47.6 Å². The second-order valence-electron chi connectivity index (χ2n) is 27.2. The number of amides is 14. The van der Waals surface area contributed by atoms with E-state index in [2.05, 4.69) is 65.1 Å². The molecule has 4 unspecified atom stereocenters. The summed E-state index contributed by atoms with van der Waals surface area (Å²) in [6, 6.07) is -10.5. The molecule has 1 saturated heterocycles. The van der Waals surface area contributed by atoms with E-state index < -0.39 is 261 Å². The van der Waals surface area contributed by atoms with Crippen molar-refractivity contribution in [3.8, 4) is 0 Å². The van der Waals surface area contributed by atoms with Gasteiger partial charge in [0.05, 0.1) is 51.8 Å². The summed E-state index contributed by atoms with van der Waals surface area (Å²) in [5.41, 5.74) is 18.1. The number of aliphatic carboxylic acids is 4. The number of aliphatic hydroxyl groups is 1. The van der Waals surface area contributed by atoms with E-state index in [1.807, 2.05) is 16.0 Å². The summed E-state index contributed by atoms with van der Waals surface area (Å²) in [6.45, 7) is 1.11. The number of benzene rings is 2. The first-order valence-electron chi connectivity index (χ1n) is 36.8. The van der Waals surface area contributed by atoms with Crippen LogP contribution in [-0.2, 0) is 102 Å². The smallest absolute Gasteiger partial charge is 0.329 e. The average molecular weight is 1620 g/mol. The lowest BCUT2D eigenvalue weighted by atomic mass is 9.96. The number of carboxylic acids is 4. The molecule has 25 N–H and O–H groups in total. The molecule has 2 heterocycles. The van der Waals surface area contributed by atoms with Crippen molar-refractivity contribution < 1.29 is 126 Å². The Morgan fingerprint density at radius 3 is 1.69 bits per heavy atom. The molecule has 630 valence electrons. The Labute approximate surface area is 657 Å². The summed E-state index contributed by atoms with van der Waals surface area (Å²) in [7, 11) is 0. The maximum Gasteiger partial charge on any atom is 0.329 e. The summed E-state index contributed by atoms with van der Waals surface area (Å²) in [5.74, 6) is -29.7. The van der Waals surface area contributed by atoms with E-state index in [1.54, 1.807) is 30.5 Å². The number of carbonyl (C=O) groups is 20. The molecule has 115 heavy (non-hydrogen) atoms. The predicted octanol–water partition coefficient (Wildman–Crippen LogP) is -5.62. The van der Waals surface area contributed by atoms with Crippen LogP contribution in [0.3, 0.4) is 0 Å². The number of esters is 1. The van der Waals surface area contributed by atoms with Gasteiger partial charge in [-0.3, -0.25) is 91.1 Å². The number of carboxylic acid groups (broad SMARTS) is 4. The zero-order valence-corrected chi connectivity index (χ0v) is 63.6. The van der Waals surface area contributed by atoms with Crippen LogP contribution >= 0.6 is 0 Å². The first-order chi connectivity index (χ1) is 54.4. The number of anilines is 1. The molecule has 0 aliphatic carbocycles. The number of Topliss-reactive ketones (excluding diaryl/α,β-unsaturated/α-hetero) is 1. The molecule has 14 amide bonds. The van der Waals surface area contributed by atoms with Crippen molar-refractivity contribution in [1.29, 1.82) is 0 Å². The molecule has 4 rings (SSSR count).